The molecule has 0 radical (unpaired) electrons. The van der Waals surface area contributed by atoms with Crippen LogP contribution < -0.4 is 15.8 Å². The minimum Gasteiger partial charge on any atom is -0.369 e. The van der Waals surface area contributed by atoms with Crippen molar-refractivity contribution in [2.24, 2.45) is 17.1 Å². The van der Waals surface area contributed by atoms with E-state index in [1.54, 1.807) is 19.9 Å². The van der Waals surface area contributed by atoms with E-state index in [1.165, 1.54) is 32.1 Å². The van der Waals surface area contributed by atoms with Crippen LogP contribution in [0, 0.1) is 11.3 Å². The number of sulfonamides is 1. The third-order valence-electron chi connectivity index (χ3n) is 8.38. The summed E-state index contributed by atoms with van der Waals surface area (Å²) in [6, 6.07) is 5.58. The molecule has 2 amide bonds. The summed E-state index contributed by atoms with van der Waals surface area (Å²) in [5.41, 5.74) is 7.04. The van der Waals surface area contributed by atoms with E-state index in [2.05, 4.69) is 14.9 Å². The number of rotatable bonds is 9. The fourth-order valence-electron chi connectivity index (χ4n) is 5.85. The van der Waals surface area contributed by atoms with Gasteiger partial charge in [-0.05, 0) is 82.9 Å². The number of carbonyl (C=O) groups is 2. The van der Waals surface area contributed by atoms with E-state index in [1.807, 2.05) is 60.6 Å². The van der Waals surface area contributed by atoms with Crippen LogP contribution >= 0.6 is 0 Å². The summed E-state index contributed by atoms with van der Waals surface area (Å²) in [6.07, 6.45) is 6.58. The van der Waals surface area contributed by atoms with Gasteiger partial charge in [0, 0.05) is 36.3 Å². The quantitative estimate of drug-likeness (QED) is 0.362. The van der Waals surface area contributed by atoms with Gasteiger partial charge in [-0.2, -0.15) is 0 Å². The molecule has 1 aliphatic heterocycles. The Morgan fingerprint density at radius 1 is 1.00 bits per heavy atom. The zero-order valence-corrected chi connectivity index (χ0v) is 27.4. The number of nitrogens with one attached hydrogen (secondary N) is 2. The number of hydrogen-bond donors (Lipinski definition) is 3. The number of amides is 2. The van der Waals surface area contributed by atoms with Crippen LogP contribution in [0.25, 0.3) is 0 Å². The molecule has 1 heterocycles. The standard InChI is InChI=1S/C32H52N4O4S/c1-21-24(28(37)34-20-32(8,9)29(33)38)18-26(36(21)19-22-13-11-10-12-14-22)23-15-16-27(25(17-23)30(2,3)4)41(39,40)35-31(5,6)7/h15-17,22,26,35H,10-14,18-20H2,1-9H3,(H2,33,38)(H,34,37). The molecule has 1 fully saturated rings. The van der Waals surface area contributed by atoms with Gasteiger partial charge in [-0.3, -0.25) is 9.59 Å². The molecule has 1 unspecified atom stereocenters. The zero-order valence-electron chi connectivity index (χ0n) is 26.6. The number of carbonyl (C=O) groups excluding carboxylic acids is 2. The fraction of sp³-hybridized carbons (Fsp3) is 0.688. The molecular formula is C32H52N4O4S. The second-order valence-corrected chi connectivity index (χ2v) is 16.4. The molecule has 4 N–H and O–H groups in total. The van der Waals surface area contributed by atoms with Crippen molar-refractivity contribution in [2.75, 3.05) is 13.1 Å². The third-order valence-corrected chi connectivity index (χ3v) is 10.2. The van der Waals surface area contributed by atoms with E-state index in [0.717, 1.165) is 23.4 Å². The molecule has 41 heavy (non-hydrogen) atoms. The van der Waals surface area contributed by atoms with Gasteiger partial charge in [0.15, 0.2) is 0 Å². The summed E-state index contributed by atoms with van der Waals surface area (Å²) < 4.78 is 29.7. The van der Waals surface area contributed by atoms with Crippen molar-refractivity contribution in [3.63, 3.8) is 0 Å². The summed E-state index contributed by atoms with van der Waals surface area (Å²) in [5.74, 6) is -0.0925. The first-order valence-corrected chi connectivity index (χ1v) is 16.4. The van der Waals surface area contributed by atoms with Crippen LogP contribution in [0.1, 0.15) is 118 Å². The first-order chi connectivity index (χ1) is 18.7. The maximum absolute atomic E-state index is 13.5. The lowest BCUT2D eigenvalue weighted by atomic mass is 9.84. The molecular weight excluding hydrogens is 536 g/mol. The Bertz CT molecular complexity index is 1280. The number of primary amides is 1. The van der Waals surface area contributed by atoms with E-state index in [-0.39, 0.29) is 23.4 Å². The van der Waals surface area contributed by atoms with Crippen LogP contribution in [0.3, 0.4) is 0 Å². The number of allylic oxidation sites excluding steroid dienone is 1. The van der Waals surface area contributed by atoms with Gasteiger partial charge in [-0.25, -0.2) is 13.1 Å². The van der Waals surface area contributed by atoms with Crippen LogP contribution in [0.2, 0.25) is 0 Å². The van der Waals surface area contributed by atoms with Crippen molar-refractivity contribution < 1.29 is 18.0 Å². The topological polar surface area (TPSA) is 122 Å². The maximum Gasteiger partial charge on any atom is 0.249 e. The molecule has 0 spiro atoms. The second-order valence-electron chi connectivity index (χ2n) is 14.7. The van der Waals surface area contributed by atoms with Crippen LogP contribution in [0.15, 0.2) is 34.4 Å². The number of benzene rings is 1. The van der Waals surface area contributed by atoms with Crippen molar-refractivity contribution in [1.82, 2.24) is 14.9 Å². The van der Waals surface area contributed by atoms with E-state index in [4.69, 9.17) is 5.73 Å². The van der Waals surface area contributed by atoms with Crippen LogP contribution in [-0.2, 0) is 25.0 Å². The van der Waals surface area contributed by atoms with Gasteiger partial charge < -0.3 is 16.0 Å². The largest absolute Gasteiger partial charge is 0.369 e. The number of nitrogens with zero attached hydrogens (tertiary/aromatic N) is 1. The van der Waals surface area contributed by atoms with Crippen molar-refractivity contribution in [2.45, 2.75) is 123 Å². The van der Waals surface area contributed by atoms with Gasteiger partial charge in [0.05, 0.1) is 16.4 Å². The summed E-state index contributed by atoms with van der Waals surface area (Å²) in [7, 11) is -3.75. The minimum atomic E-state index is -3.75. The lowest BCUT2D eigenvalue weighted by molar-refractivity contribution is -0.126. The zero-order chi connectivity index (χ0) is 31.0. The van der Waals surface area contributed by atoms with E-state index >= 15 is 0 Å². The fourth-order valence-corrected chi connectivity index (χ4v) is 7.67. The predicted octanol–water partition coefficient (Wildman–Crippen LogP) is 5.29. The molecule has 0 aromatic heterocycles. The average molecular weight is 589 g/mol. The molecule has 1 atom stereocenters. The molecule has 1 aromatic rings. The van der Waals surface area contributed by atoms with Crippen LogP contribution in [0.5, 0.6) is 0 Å². The first kappa shape index (κ1) is 33.1. The molecule has 1 aromatic carbocycles. The van der Waals surface area contributed by atoms with Gasteiger partial charge in [0.2, 0.25) is 21.8 Å². The highest BCUT2D eigenvalue weighted by molar-refractivity contribution is 7.89. The molecule has 8 nitrogen and oxygen atoms in total. The second kappa shape index (κ2) is 12.1. The summed E-state index contributed by atoms with van der Waals surface area (Å²) in [6.45, 7) is 18.1. The SMILES string of the molecule is CC1=C(C(=O)NCC(C)(C)C(N)=O)CC(c2ccc(S(=O)(=O)NC(C)(C)C)c(C(C)(C)C)c2)N1CC1CCCCC1. The summed E-state index contributed by atoms with van der Waals surface area (Å²) in [5, 5.41) is 2.95. The number of hydrogen-bond acceptors (Lipinski definition) is 5. The highest BCUT2D eigenvalue weighted by Crippen LogP contribution is 2.43. The number of nitrogens with two attached hydrogens (primary N) is 1. The van der Waals surface area contributed by atoms with E-state index in [9.17, 15) is 18.0 Å². The van der Waals surface area contributed by atoms with Gasteiger partial charge >= 0.3 is 0 Å². The highest BCUT2D eigenvalue weighted by atomic mass is 32.2. The summed E-state index contributed by atoms with van der Waals surface area (Å²) in [4.78, 5) is 27.9. The minimum absolute atomic E-state index is 0.0877. The van der Waals surface area contributed by atoms with Crippen molar-refractivity contribution in [3.8, 4) is 0 Å². The van der Waals surface area contributed by atoms with Crippen LogP contribution in [0.4, 0.5) is 0 Å². The monoisotopic (exact) mass is 588 g/mol. The Labute approximate surface area is 248 Å². The average Bonchev–Trinajstić information content (AvgIpc) is 3.16. The lowest BCUT2D eigenvalue weighted by Gasteiger charge is -2.35. The Kier molecular flexibility index (Phi) is 9.75. The normalized spacial score (nSPS) is 19.5. The van der Waals surface area contributed by atoms with Gasteiger partial charge in [-0.1, -0.05) is 52.2 Å². The molecule has 0 bridgehead atoms. The first-order valence-electron chi connectivity index (χ1n) is 15.0. The molecule has 3 rings (SSSR count). The smallest absolute Gasteiger partial charge is 0.249 e. The Balaban J connectivity index is 2.02. The molecule has 9 heteroatoms. The van der Waals surface area contributed by atoms with Gasteiger partial charge in [-0.15, -0.1) is 0 Å². The van der Waals surface area contributed by atoms with Crippen molar-refractivity contribution in [3.05, 3.63) is 40.6 Å². The van der Waals surface area contributed by atoms with E-state index < -0.39 is 32.3 Å². The molecule has 1 saturated carbocycles. The van der Waals surface area contributed by atoms with Gasteiger partial charge in [0.1, 0.15) is 0 Å². The Morgan fingerprint density at radius 2 is 1.61 bits per heavy atom. The third kappa shape index (κ3) is 8.13. The lowest BCUT2D eigenvalue weighted by Crippen LogP contribution is -2.42. The molecule has 0 saturated heterocycles. The molecule has 1 aliphatic carbocycles. The highest BCUT2D eigenvalue weighted by Gasteiger charge is 2.37. The van der Waals surface area contributed by atoms with Crippen molar-refractivity contribution in [1.29, 1.82) is 0 Å². The van der Waals surface area contributed by atoms with E-state index in [0.29, 0.717) is 17.9 Å². The maximum atomic E-state index is 13.5. The Hall–Kier alpha value is -2.39. The van der Waals surface area contributed by atoms with Gasteiger partial charge in [0.25, 0.3) is 0 Å². The Morgan fingerprint density at radius 3 is 2.15 bits per heavy atom. The molecule has 230 valence electrons. The van der Waals surface area contributed by atoms with Crippen molar-refractivity contribution >= 4 is 21.8 Å². The molecule has 2 aliphatic rings. The summed E-state index contributed by atoms with van der Waals surface area (Å²) >= 11 is 0. The predicted molar refractivity (Wildman–Crippen MR) is 165 cm³/mol. The van der Waals surface area contributed by atoms with Crippen LogP contribution in [-0.4, -0.2) is 43.8 Å².